The van der Waals surface area contributed by atoms with Gasteiger partial charge in [-0.15, -0.1) is 0 Å². The number of hydrogen-bond donors (Lipinski definition) is 1. The standard InChI is InChI=1S/C26H30N2O3S/c1-16-8-7-10-20(17(16)2)27-25(29)19-12-13-23-21(14-19)28(3)26(30)24(32-23)15-18-9-5-6-11-22(18)31-4/h5-6,9,11-17,20H,7-8,10H2,1-4H3,(H,27,29)/b24-15+/t16-,17-,20+/m0/s1. The molecule has 6 heteroatoms. The van der Waals surface area contributed by atoms with Gasteiger partial charge >= 0.3 is 0 Å². The van der Waals surface area contributed by atoms with Crippen molar-refractivity contribution in [3.63, 3.8) is 0 Å². The van der Waals surface area contributed by atoms with Crippen molar-refractivity contribution in [2.24, 2.45) is 11.8 Å². The van der Waals surface area contributed by atoms with Gasteiger partial charge in [0.15, 0.2) is 0 Å². The van der Waals surface area contributed by atoms with Crippen LogP contribution in [0.3, 0.4) is 0 Å². The van der Waals surface area contributed by atoms with Crippen molar-refractivity contribution in [3.8, 4) is 5.75 Å². The van der Waals surface area contributed by atoms with Crippen molar-refractivity contribution in [1.29, 1.82) is 0 Å². The monoisotopic (exact) mass is 450 g/mol. The van der Waals surface area contributed by atoms with Crippen molar-refractivity contribution in [2.75, 3.05) is 19.1 Å². The fourth-order valence-electron chi connectivity index (χ4n) is 4.50. The van der Waals surface area contributed by atoms with E-state index in [2.05, 4.69) is 19.2 Å². The highest BCUT2D eigenvalue weighted by molar-refractivity contribution is 8.04. The van der Waals surface area contributed by atoms with E-state index in [-0.39, 0.29) is 17.9 Å². The van der Waals surface area contributed by atoms with Gasteiger partial charge in [-0.2, -0.15) is 0 Å². The Labute approximate surface area is 194 Å². The molecule has 0 radical (unpaired) electrons. The molecule has 0 bridgehead atoms. The number of fused-ring (bicyclic) bond motifs is 1. The minimum atomic E-state index is -0.0966. The van der Waals surface area contributed by atoms with Crippen LogP contribution in [0.5, 0.6) is 5.75 Å². The summed E-state index contributed by atoms with van der Waals surface area (Å²) in [7, 11) is 3.37. The second kappa shape index (κ2) is 9.41. The average Bonchev–Trinajstić information content (AvgIpc) is 2.80. The molecule has 0 spiro atoms. The van der Waals surface area contributed by atoms with E-state index in [1.54, 1.807) is 19.1 Å². The summed E-state index contributed by atoms with van der Waals surface area (Å²) < 4.78 is 5.41. The SMILES string of the molecule is COc1ccccc1/C=C1/Sc2ccc(C(=O)N[C@@H]3CCC[C@H](C)[C@@H]3C)cc2N(C)C1=O. The highest BCUT2D eigenvalue weighted by Crippen LogP contribution is 2.42. The molecule has 32 heavy (non-hydrogen) atoms. The number of ether oxygens (including phenoxy) is 1. The second-order valence-electron chi connectivity index (χ2n) is 8.75. The minimum absolute atomic E-state index is 0.0695. The van der Waals surface area contributed by atoms with Crippen LogP contribution in [0.1, 0.15) is 49.0 Å². The molecule has 4 rings (SSSR count). The maximum atomic E-state index is 13.1. The summed E-state index contributed by atoms with van der Waals surface area (Å²) in [6.07, 6.45) is 5.25. The van der Waals surface area contributed by atoms with Gasteiger partial charge in [0, 0.05) is 29.1 Å². The van der Waals surface area contributed by atoms with E-state index in [1.165, 1.54) is 18.2 Å². The molecular formula is C26H30N2O3S. The molecule has 1 heterocycles. The largest absolute Gasteiger partial charge is 0.496 e. The first-order valence-electron chi connectivity index (χ1n) is 11.1. The molecule has 0 aromatic heterocycles. The number of benzene rings is 2. The average molecular weight is 451 g/mol. The third-order valence-corrected chi connectivity index (χ3v) is 7.84. The topological polar surface area (TPSA) is 58.6 Å². The maximum absolute atomic E-state index is 13.1. The van der Waals surface area contributed by atoms with Crippen LogP contribution in [0.25, 0.3) is 6.08 Å². The van der Waals surface area contributed by atoms with Gasteiger partial charge in [-0.25, -0.2) is 0 Å². The number of carbonyl (C=O) groups is 2. The zero-order valence-corrected chi connectivity index (χ0v) is 19.9. The summed E-state index contributed by atoms with van der Waals surface area (Å²) in [5.41, 5.74) is 2.20. The van der Waals surface area contributed by atoms with Crippen LogP contribution in [0.15, 0.2) is 52.3 Å². The van der Waals surface area contributed by atoms with Crippen molar-refractivity contribution < 1.29 is 14.3 Å². The molecule has 2 amide bonds. The number of carbonyl (C=O) groups excluding carboxylic acids is 2. The lowest BCUT2D eigenvalue weighted by atomic mass is 9.78. The number of likely N-dealkylation sites (N-methyl/N-ethyl adjacent to an activating group) is 1. The summed E-state index contributed by atoms with van der Waals surface area (Å²) >= 11 is 1.42. The predicted molar refractivity (Wildman–Crippen MR) is 130 cm³/mol. The summed E-state index contributed by atoms with van der Waals surface area (Å²) in [5.74, 6) is 1.64. The maximum Gasteiger partial charge on any atom is 0.264 e. The number of nitrogens with zero attached hydrogens (tertiary/aromatic N) is 1. The molecule has 1 aliphatic heterocycles. The number of anilines is 1. The van der Waals surface area contributed by atoms with Crippen molar-refractivity contribution in [3.05, 3.63) is 58.5 Å². The Morgan fingerprint density at radius 2 is 1.97 bits per heavy atom. The molecule has 2 aromatic carbocycles. The Kier molecular flexibility index (Phi) is 6.60. The Morgan fingerprint density at radius 1 is 1.19 bits per heavy atom. The predicted octanol–water partition coefficient (Wildman–Crippen LogP) is 5.36. The number of hydrogen-bond acceptors (Lipinski definition) is 4. The van der Waals surface area contributed by atoms with E-state index in [0.717, 1.165) is 34.7 Å². The van der Waals surface area contributed by atoms with Crippen LogP contribution in [0, 0.1) is 11.8 Å². The zero-order chi connectivity index (χ0) is 22.8. The van der Waals surface area contributed by atoms with Gasteiger partial charge in [0.25, 0.3) is 11.8 Å². The Hall–Kier alpha value is -2.73. The lowest BCUT2D eigenvalue weighted by Crippen LogP contribution is -2.43. The number of amides is 2. The fraction of sp³-hybridized carbons (Fsp3) is 0.385. The van der Waals surface area contributed by atoms with Crippen molar-refractivity contribution in [1.82, 2.24) is 5.32 Å². The van der Waals surface area contributed by atoms with Crippen molar-refractivity contribution in [2.45, 2.75) is 44.0 Å². The van der Waals surface area contributed by atoms with E-state index in [4.69, 9.17) is 4.74 Å². The Balaban J connectivity index is 1.56. The molecule has 168 valence electrons. The smallest absolute Gasteiger partial charge is 0.264 e. The molecule has 1 aliphatic carbocycles. The van der Waals surface area contributed by atoms with Crippen LogP contribution in [-0.2, 0) is 4.79 Å². The zero-order valence-electron chi connectivity index (χ0n) is 19.1. The first-order chi connectivity index (χ1) is 15.4. The summed E-state index contributed by atoms with van der Waals surface area (Å²) in [4.78, 5) is 29.2. The number of methoxy groups -OCH3 is 1. The van der Waals surface area contributed by atoms with Crippen molar-refractivity contribution >= 4 is 35.3 Å². The van der Waals surface area contributed by atoms with Crippen LogP contribution >= 0.6 is 11.8 Å². The molecule has 3 atom stereocenters. The van der Waals surface area contributed by atoms with Gasteiger partial charge in [-0.05, 0) is 48.6 Å². The number of thioether (sulfide) groups is 1. The highest BCUT2D eigenvalue weighted by Gasteiger charge is 2.30. The molecule has 1 fully saturated rings. The van der Waals surface area contributed by atoms with Crippen LogP contribution < -0.4 is 15.0 Å². The number of rotatable bonds is 4. The Bertz CT molecular complexity index is 1060. The molecular weight excluding hydrogens is 420 g/mol. The molecule has 5 nitrogen and oxygen atoms in total. The molecule has 2 aromatic rings. The van der Waals surface area contributed by atoms with E-state index >= 15 is 0 Å². The molecule has 0 unspecified atom stereocenters. The lowest BCUT2D eigenvalue weighted by molar-refractivity contribution is -0.114. The molecule has 1 saturated carbocycles. The molecule has 1 N–H and O–H groups in total. The van der Waals surface area contributed by atoms with Gasteiger partial charge in [-0.3, -0.25) is 9.59 Å². The van der Waals surface area contributed by atoms with Gasteiger partial charge in [0.2, 0.25) is 0 Å². The first-order valence-corrected chi connectivity index (χ1v) is 12.0. The van der Waals surface area contributed by atoms with Gasteiger partial charge < -0.3 is 15.0 Å². The first kappa shape index (κ1) is 22.5. The summed E-state index contributed by atoms with van der Waals surface area (Å²) in [5, 5.41) is 3.23. The summed E-state index contributed by atoms with van der Waals surface area (Å²) in [6, 6.07) is 13.4. The van der Waals surface area contributed by atoms with Crippen LogP contribution in [0.2, 0.25) is 0 Å². The van der Waals surface area contributed by atoms with Gasteiger partial charge in [0.1, 0.15) is 5.75 Å². The van der Waals surface area contributed by atoms with E-state index < -0.39 is 0 Å². The molecule has 0 saturated heterocycles. The van der Waals surface area contributed by atoms with E-state index in [0.29, 0.717) is 22.3 Å². The van der Waals surface area contributed by atoms with Crippen LogP contribution in [-0.4, -0.2) is 32.0 Å². The second-order valence-corrected chi connectivity index (χ2v) is 9.83. The number of nitrogens with one attached hydrogen (secondary N) is 1. The quantitative estimate of drug-likeness (QED) is 0.637. The number of para-hydroxylation sites is 1. The van der Waals surface area contributed by atoms with Gasteiger partial charge in [-0.1, -0.05) is 56.7 Å². The van der Waals surface area contributed by atoms with Gasteiger partial charge in [0.05, 0.1) is 17.7 Å². The highest BCUT2D eigenvalue weighted by atomic mass is 32.2. The van der Waals surface area contributed by atoms with E-state index in [9.17, 15) is 9.59 Å². The minimum Gasteiger partial charge on any atom is -0.496 e. The third kappa shape index (κ3) is 4.42. The van der Waals surface area contributed by atoms with Crippen LogP contribution in [0.4, 0.5) is 5.69 Å². The van der Waals surface area contributed by atoms with E-state index in [1.807, 2.05) is 48.5 Å². The third-order valence-electron chi connectivity index (χ3n) is 6.77. The molecule has 2 aliphatic rings. The Morgan fingerprint density at radius 3 is 2.75 bits per heavy atom. The normalized spacial score (nSPS) is 24.2. The fourth-order valence-corrected chi connectivity index (χ4v) is 5.58. The summed E-state index contributed by atoms with van der Waals surface area (Å²) in [6.45, 7) is 4.48. The lowest BCUT2D eigenvalue weighted by Gasteiger charge is -2.34.